The van der Waals surface area contributed by atoms with E-state index in [0.29, 0.717) is 30.5 Å². The van der Waals surface area contributed by atoms with E-state index in [4.69, 9.17) is 11.5 Å². The number of rotatable bonds is 32. The number of hydrogen-bond donors (Lipinski definition) is 2. The highest BCUT2D eigenvalue weighted by Crippen LogP contribution is 2.38. The van der Waals surface area contributed by atoms with Crippen LogP contribution in [0.15, 0.2) is 36.4 Å². The molecule has 60 heavy (non-hydrogen) atoms. The summed E-state index contributed by atoms with van der Waals surface area (Å²) in [5.41, 5.74) is 13.1. The number of nitrogens with two attached hydrogens (primary N) is 2. The standard InChI is InChI=1S/C51H78N4O5/c1-5-50(53,6-2)33-25-21-17-13-10-12-16-20-24-28-36-54-46(57)41-31-29-39(37-43(41)47(54)58)45(56)40-30-32-42-44(38-40)49(60)55(48(42)59)51(7-3,8-4)34-26-22-18-14-9-11-15-19-23-27-35-52/h29-32,37-38H,5-28,33-36,52-53H2,1-4H3. The lowest BCUT2D eigenvalue weighted by atomic mass is 9.84. The number of hydrogen-bond acceptors (Lipinski definition) is 7. The summed E-state index contributed by atoms with van der Waals surface area (Å²) in [6.45, 7) is 9.60. The zero-order valence-corrected chi connectivity index (χ0v) is 37.9. The van der Waals surface area contributed by atoms with E-state index in [9.17, 15) is 24.0 Å². The molecule has 0 bridgehead atoms. The van der Waals surface area contributed by atoms with Crippen molar-refractivity contribution in [3.8, 4) is 0 Å². The van der Waals surface area contributed by atoms with Crippen LogP contribution in [0.25, 0.3) is 0 Å². The van der Waals surface area contributed by atoms with E-state index >= 15 is 0 Å². The van der Waals surface area contributed by atoms with Gasteiger partial charge in [0.05, 0.1) is 27.8 Å². The maximum absolute atomic E-state index is 14.0. The molecule has 9 nitrogen and oxygen atoms in total. The molecule has 0 aromatic heterocycles. The molecule has 2 aliphatic heterocycles. The number of carbonyl (C=O) groups excluding carboxylic acids is 5. The third-order valence-corrected chi connectivity index (χ3v) is 14.0. The molecule has 0 fully saturated rings. The molecule has 332 valence electrons. The van der Waals surface area contributed by atoms with E-state index in [1.165, 1.54) is 99.0 Å². The second kappa shape index (κ2) is 24.7. The summed E-state index contributed by atoms with van der Waals surface area (Å²) in [4.78, 5) is 71.1. The van der Waals surface area contributed by atoms with Gasteiger partial charge in [-0.2, -0.15) is 0 Å². The van der Waals surface area contributed by atoms with Crippen LogP contribution in [0.5, 0.6) is 0 Å². The Morgan fingerprint density at radius 1 is 0.483 bits per heavy atom. The van der Waals surface area contributed by atoms with Crippen molar-refractivity contribution in [2.75, 3.05) is 13.1 Å². The number of unbranched alkanes of at least 4 members (excludes halogenated alkanes) is 18. The molecule has 2 heterocycles. The number of imide groups is 2. The van der Waals surface area contributed by atoms with Crippen molar-refractivity contribution < 1.29 is 24.0 Å². The third kappa shape index (κ3) is 12.7. The number of ketones is 1. The summed E-state index contributed by atoms with van der Waals surface area (Å²) >= 11 is 0. The van der Waals surface area contributed by atoms with Gasteiger partial charge in [-0.25, -0.2) is 0 Å². The van der Waals surface area contributed by atoms with Gasteiger partial charge in [0.25, 0.3) is 23.6 Å². The monoisotopic (exact) mass is 827 g/mol. The lowest BCUT2D eigenvalue weighted by Crippen LogP contribution is -2.51. The Balaban J connectivity index is 1.24. The normalized spacial score (nSPS) is 14.2. The predicted octanol–water partition coefficient (Wildman–Crippen LogP) is 11.7. The van der Waals surface area contributed by atoms with E-state index in [-0.39, 0.29) is 57.2 Å². The first-order valence-corrected chi connectivity index (χ1v) is 24.1. The molecule has 0 spiro atoms. The van der Waals surface area contributed by atoms with Gasteiger partial charge in [-0.1, -0.05) is 155 Å². The SMILES string of the molecule is CCC(N)(CC)CCCCCCCCCCCCN1C(=O)c2ccc(C(=O)c3ccc4c(c3)C(=O)N(C(CC)(CC)CCCCCCCCCCCCN)C4=O)cc2C1=O. The van der Waals surface area contributed by atoms with E-state index in [1.807, 2.05) is 13.8 Å². The first-order chi connectivity index (χ1) is 29.0. The maximum atomic E-state index is 14.0. The Labute approximate surface area is 362 Å². The van der Waals surface area contributed by atoms with E-state index < -0.39 is 5.54 Å². The molecule has 0 atom stereocenters. The number of benzene rings is 2. The Kier molecular flexibility index (Phi) is 20.1. The molecule has 9 heteroatoms. The first kappa shape index (κ1) is 49.0. The van der Waals surface area contributed by atoms with Crippen molar-refractivity contribution in [2.24, 2.45) is 11.5 Å². The molecule has 4 amide bonds. The largest absolute Gasteiger partial charge is 0.330 e. The van der Waals surface area contributed by atoms with Crippen LogP contribution in [0.4, 0.5) is 0 Å². The zero-order valence-electron chi connectivity index (χ0n) is 37.9. The van der Waals surface area contributed by atoms with Gasteiger partial charge in [0.2, 0.25) is 0 Å². The Bertz CT molecular complexity index is 1730. The van der Waals surface area contributed by atoms with Crippen LogP contribution in [-0.2, 0) is 0 Å². The number of fused-ring (bicyclic) bond motifs is 2. The summed E-state index contributed by atoms with van der Waals surface area (Å²) in [6, 6.07) is 9.36. The van der Waals surface area contributed by atoms with Crippen LogP contribution >= 0.6 is 0 Å². The second-order valence-corrected chi connectivity index (χ2v) is 17.9. The fraction of sp³-hybridized carbons (Fsp3) is 0.667. The topological polar surface area (TPSA) is 144 Å². The fourth-order valence-electron chi connectivity index (χ4n) is 9.42. The molecule has 4 N–H and O–H groups in total. The minimum absolute atomic E-state index is 0.0106. The quantitative estimate of drug-likeness (QED) is 0.0424. The molecule has 2 aliphatic rings. The average Bonchev–Trinajstić information content (AvgIpc) is 3.66. The molecule has 4 rings (SSSR count). The highest BCUT2D eigenvalue weighted by atomic mass is 16.2. The van der Waals surface area contributed by atoms with Crippen molar-refractivity contribution in [1.82, 2.24) is 9.80 Å². The summed E-state index contributed by atoms with van der Waals surface area (Å²) in [7, 11) is 0. The summed E-state index contributed by atoms with van der Waals surface area (Å²) in [5, 5.41) is 0. The summed E-state index contributed by atoms with van der Waals surface area (Å²) in [6.07, 6.45) is 28.4. The van der Waals surface area contributed by atoms with Gasteiger partial charge in [0, 0.05) is 23.2 Å². The molecular formula is C51H78N4O5. The second-order valence-electron chi connectivity index (χ2n) is 17.9. The van der Waals surface area contributed by atoms with Crippen molar-refractivity contribution in [1.29, 1.82) is 0 Å². The lowest BCUT2D eigenvalue weighted by Gasteiger charge is -2.39. The highest BCUT2D eigenvalue weighted by Gasteiger charge is 2.47. The minimum atomic E-state index is -0.582. The number of nitrogens with zero attached hydrogens (tertiary/aromatic N) is 2. The molecule has 0 radical (unpaired) electrons. The average molecular weight is 827 g/mol. The first-order valence-electron chi connectivity index (χ1n) is 24.1. The summed E-state index contributed by atoms with van der Waals surface area (Å²) < 4.78 is 0. The molecule has 0 aliphatic carbocycles. The molecule has 2 aromatic rings. The van der Waals surface area contributed by atoms with E-state index in [2.05, 4.69) is 13.8 Å². The van der Waals surface area contributed by atoms with Gasteiger partial charge in [-0.15, -0.1) is 0 Å². The Morgan fingerprint density at radius 2 is 0.867 bits per heavy atom. The van der Waals surface area contributed by atoms with Crippen LogP contribution in [-0.4, -0.2) is 63.4 Å². The smallest absolute Gasteiger partial charge is 0.262 e. The zero-order chi connectivity index (χ0) is 43.5. The van der Waals surface area contributed by atoms with Crippen molar-refractivity contribution in [3.05, 3.63) is 69.8 Å². The third-order valence-electron chi connectivity index (χ3n) is 14.0. The minimum Gasteiger partial charge on any atom is -0.330 e. The summed E-state index contributed by atoms with van der Waals surface area (Å²) in [5.74, 6) is -1.70. The van der Waals surface area contributed by atoms with Crippen LogP contribution in [0, 0.1) is 0 Å². The van der Waals surface area contributed by atoms with Gasteiger partial charge in [0.1, 0.15) is 0 Å². The molecule has 0 saturated heterocycles. The van der Waals surface area contributed by atoms with Crippen molar-refractivity contribution >= 4 is 29.4 Å². The van der Waals surface area contributed by atoms with Gasteiger partial charge in [-0.3, -0.25) is 33.8 Å². The van der Waals surface area contributed by atoms with Crippen LogP contribution < -0.4 is 11.5 Å². The predicted molar refractivity (Wildman–Crippen MR) is 244 cm³/mol. The van der Waals surface area contributed by atoms with Crippen LogP contribution in [0.1, 0.15) is 252 Å². The van der Waals surface area contributed by atoms with Crippen molar-refractivity contribution in [3.63, 3.8) is 0 Å². The molecule has 0 saturated carbocycles. The fourth-order valence-corrected chi connectivity index (χ4v) is 9.42. The van der Waals surface area contributed by atoms with Gasteiger partial charge in [-0.05, 0) is 82.2 Å². The van der Waals surface area contributed by atoms with Gasteiger partial charge >= 0.3 is 0 Å². The van der Waals surface area contributed by atoms with Gasteiger partial charge < -0.3 is 11.5 Å². The van der Waals surface area contributed by atoms with Gasteiger partial charge in [0.15, 0.2) is 5.78 Å². The maximum Gasteiger partial charge on any atom is 0.262 e. The highest BCUT2D eigenvalue weighted by molar-refractivity contribution is 6.24. The van der Waals surface area contributed by atoms with Crippen LogP contribution in [0.3, 0.4) is 0 Å². The number of amides is 4. The van der Waals surface area contributed by atoms with Crippen LogP contribution in [0.2, 0.25) is 0 Å². The van der Waals surface area contributed by atoms with E-state index in [1.54, 1.807) is 24.3 Å². The molecule has 0 unspecified atom stereocenters. The number of carbonyl (C=O) groups is 5. The van der Waals surface area contributed by atoms with E-state index in [0.717, 1.165) is 83.6 Å². The Morgan fingerprint density at radius 3 is 1.33 bits per heavy atom. The molecule has 2 aromatic carbocycles. The van der Waals surface area contributed by atoms with Crippen molar-refractivity contribution in [2.45, 2.75) is 206 Å². The lowest BCUT2D eigenvalue weighted by molar-refractivity contribution is 0.0368. The Hall–Kier alpha value is -3.69. The molecular weight excluding hydrogens is 749 g/mol.